The van der Waals surface area contributed by atoms with Gasteiger partial charge < -0.3 is 15.1 Å². The maximum absolute atomic E-state index is 12.4. The number of carbonyl (C=O) groups is 1. The number of amides is 1. The van der Waals surface area contributed by atoms with Gasteiger partial charge in [-0.25, -0.2) is 4.98 Å². The van der Waals surface area contributed by atoms with Crippen molar-refractivity contribution in [3.8, 4) is 0 Å². The fourth-order valence-electron chi connectivity index (χ4n) is 3.41. The molecule has 0 radical (unpaired) electrons. The molecule has 0 bridgehead atoms. The molecule has 1 aromatic rings. The molecule has 2 aliphatic heterocycles. The van der Waals surface area contributed by atoms with Crippen LogP contribution in [0.15, 0.2) is 6.20 Å². The van der Waals surface area contributed by atoms with Crippen LogP contribution in [0.1, 0.15) is 37.5 Å². The number of aromatic nitrogens is 1. The second kappa shape index (κ2) is 11.2. The van der Waals surface area contributed by atoms with Crippen LogP contribution in [0.25, 0.3) is 0 Å². The molecule has 2 aliphatic rings. The van der Waals surface area contributed by atoms with E-state index in [1.807, 2.05) is 11.1 Å². The zero-order chi connectivity index (χ0) is 16.1. The average molecular weight is 409 g/mol. The van der Waals surface area contributed by atoms with Gasteiger partial charge in [-0.3, -0.25) is 4.79 Å². The van der Waals surface area contributed by atoms with E-state index in [4.69, 9.17) is 0 Å². The molecule has 0 saturated carbocycles. The first kappa shape index (κ1) is 22.5. The molecule has 0 aliphatic carbocycles. The van der Waals surface area contributed by atoms with Crippen molar-refractivity contribution < 1.29 is 4.79 Å². The third kappa shape index (κ3) is 6.27. The van der Waals surface area contributed by atoms with Gasteiger partial charge in [-0.1, -0.05) is 6.92 Å². The average Bonchev–Trinajstić information content (AvgIpc) is 3.10. The molecular weight excluding hydrogens is 379 g/mol. The number of carbonyl (C=O) groups excluding carboxylic acids is 1. The zero-order valence-electron chi connectivity index (χ0n) is 14.9. The third-order valence-corrected chi connectivity index (χ3v) is 6.22. The lowest BCUT2D eigenvalue weighted by molar-refractivity contribution is -0.131. The molecule has 2 saturated heterocycles. The van der Waals surface area contributed by atoms with Crippen LogP contribution < -0.4 is 10.2 Å². The van der Waals surface area contributed by atoms with Crippen molar-refractivity contribution in [2.24, 2.45) is 5.92 Å². The topological polar surface area (TPSA) is 48.5 Å². The lowest BCUT2D eigenvalue weighted by Crippen LogP contribution is -2.48. The van der Waals surface area contributed by atoms with E-state index in [-0.39, 0.29) is 24.8 Å². The van der Waals surface area contributed by atoms with Gasteiger partial charge in [-0.15, -0.1) is 36.2 Å². The minimum absolute atomic E-state index is 0. The van der Waals surface area contributed by atoms with Crippen LogP contribution in [0, 0.1) is 5.92 Å². The molecule has 0 aromatic carbocycles. The maximum atomic E-state index is 12.4. The Kier molecular flexibility index (Phi) is 10.1. The van der Waals surface area contributed by atoms with E-state index >= 15 is 0 Å². The fraction of sp³-hybridized carbons (Fsp3) is 0.765. The molecular formula is C17H30Cl2N4OS. The summed E-state index contributed by atoms with van der Waals surface area (Å²) in [5.41, 5.74) is 0. The number of piperazine rings is 1. The standard InChI is InChI=1S/C17H28N4OS.2ClH/c1-2-15-13-19-17(23-15)21-11-9-20(10-12-21)16(22)4-3-14-5-7-18-8-6-14;;/h13-14,18H,2-12H2,1H3;2*1H. The number of rotatable bonds is 5. The van der Waals surface area contributed by atoms with Crippen molar-refractivity contribution in [2.45, 2.75) is 39.0 Å². The lowest BCUT2D eigenvalue weighted by atomic mass is 9.93. The van der Waals surface area contributed by atoms with Crippen molar-refractivity contribution in [2.75, 3.05) is 44.2 Å². The van der Waals surface area contributed by atoms with E-state index in [1.165, 1.54) is 17.7 Å². The highest BCUT2D eigenvalue weighted by atomic mass is 35.5. The Balaban J connectivity index is 0.00000156. The largest absolute Gasteiger partial charge is 0.345 e. The number of thiazole rings is 1. The molecule has 1 aromatic heterocycles. The second-order valence-corrected chi connectivity index (χ2v) is 7.66. The molecule has 1 amide bonds. The van der Waals surface area contributed by atoms with Gasteiger partial charge in [-0.05, 0) is 44.7 Å². The quantitative estimate of drug-likeness (QED) is 0.813. The molecule has 25 heavy (non-hydrogen) atoms. The first-order valence-corrected chi connectivity index (χ1v) is 9.76. The summed E-state index contributed by atoms with van der Waals surface area (Å²) < 4.78 is 0. The molecule has 144 valence electrons. The minimum Gasteiger partial charge on any atom is -0.345 e. The van der Waals surface area contributed by atoms with E-state index in [2.05, 4.69) is 22.1 Å². The Bertz CT molecular complexity index is 515. The summed E-state index contributed by atoms with van der Waals surface area (Å²) in [5.74, 6) is 1.08. The zero-order valence-corrected chi connectivity index (χ0v) is 17.4. The van der Waals surface area contributed by atoms with Crippen molar-refractivity contribution in [3.63, 3.8) is 0 Å². The summed E-state index contributed by atoms with van der Waals surface area (Å²) in [7, 11) is 0. The molecule has 0 spiro atoms. The summed E-state index contributed by atoms with van der Waals surface area (Å²) in [6.07, 6.45) is 7.27. The van der Waals surface area contributed by atoms with Crippen molar-refractivity contribution in [3.05, 3.63) is 11.1 Å². The number of hydrogen-bond donors (Lipinski definition) is 1. The van der Waals surface area contributed by atoms with Crippen LogP contribution in [-0.4, -0.2) is 55.1 Å². The molecule has 2 fully saturated rings. The molecule has 1 N–H and O–H groups in total. The van der Waals surface area contributed by atoms with E-state index in [9.17, 15) is 4.79 Å². The SMILES string of the molecule is CCc1cnc(N2CCN(C(=O)CCC3CCNCC3)CC2)s1.Cl.Cl. The number of hydrogen-bond acceptors (Lipinski definition) is 5. The molecule has 3 heterocycles. The Morgan fingerprint density at radius 2 is 1.92 bits per heavy atom. The first-order chi connectivity index (χ1) is 11.3. The Morgan fingerprint density at radius 3 is 2.52 bits per heavy atom. The molecule has 0 atom stereocenters. The molecule has 0 unspecified atom stereocenters. The van der Waals surface area contributed by atoms with Crippen LogP contribution in [-0.2, 0) is 11.2 Å². The highest BCUT2D eigenvalue weighted by molar-refractivity contribution is 7.15. The summed E-state index contributed by atoms with van der Waals surface area (Å²) in [4.78, 5) is 22.6. The summed E-state index contributed by atoms with van der Waals surface area (Å²) >= 11 is 1.78. The minimum atomic E-state index is 0. The van der Waals surface area contributed by atoms with Crippen LogP contribution >= 0.6 is 36.2 Å². The monoisotopic (exact) mass is 408 g/mol. The summed E-state index contributed by atoms with van der Waals surface area (Å²) in [5, 5.41) is 4.50. The van der Waals surface area contributed by atoms with Gasteiger partial charge in [0.2, 0.25) is 5.91 Å². The normalized spacial score (nSPS) is 18.4. The van der Waals surface area contributed by atoms with Gasteiger partial charge in [0.1, 0.15) is 0 Å². The summed E-state index contributed by atoms with van der Waals surface area (Å²) in [6, 6.07) is 0. The van der Waals surface area contributed by atoms with E-state index < -0.39 is 0 Å². The Hall–Kier alpha value is -0.560. The summed E-state index contributed by atoms with van der Waals surface area (Å²) in [6.45, 7) is 7.90. The van der Waals surface area contributed by atoms with Gasteiger partial charge >= 0.3 is 0 Å². The number of anilines is 1. The maximum Gasteiger partial charge on any atom is 0.222 e. The van der Waals surface area contributed by atoms with Gasteiger partial charge in [0.25, 0.3) is 0 Å². The van der Waals surface area contributed by atoms with Gasteiger partial charge in [-0.2, -0.15) is 0 Å². The van der Waals surface area contributed by atoms with Crippen LogP contribution in [0.5, 0.6) is 0 Å². The van der Waals surface area contributed by atoms with Crippen molar-refractivity contribution in [1.82, 2.24) is 15.2 Å². The molecule has 3 rings (SSSR count). The number of piperidine rings is 1. The highest BCUT2D eigenvalue weighted by Crippen LogP contribution is 2.24. The van der Waals surface area contributed by atoms with E-state index in [0.29, 0.717) is 5.91 Å². The number of nitrogens with zero attached hydrogens (tertiary/aromatic N) is 3. The molecule has 8 heteroatoms. The van der Waals surface area contributed by atoms with Crippen LogP contribution in [0.3, 0.4) is 0 Å². The fourth-order valence-corrected chi connectivity index (χ4v) is 4.31. The van der Waals surface area contributed by atoms with Crippen LogP contribution in [0.4, 0.5) is 5.13 Å². The second-order valence-electron chi connectivity index (χ2n) is 6.56. The number of aryl methyl sites for hydroxylation is 1. The van der Waals surface area contributed by atoms with Gasteiger partial charge in [0, 0.05) is 43.7 Å². The Labute approximate surface area is 167 Å². The van der Waals surface area contributed by atoms with Gasteiger partial charge in [0.15, 0.2) is 5.13 Å². The van der Waals surface area contributed by atoms with E-state index in [0.717, 1.165) is 69.6 Å². The third-order valence-electron chi connectivity index (χ3n) is 5.02. The molecule has 5 nitrogen and oxygen atoms in total. The van der Waals surface area contributed by atoms with Gasteiger partial charge in [0.05, 0.1) is 0 Å². The lowest BCUT2D eigenvalue weighted by Gasteiger charge is -2.35. The predicted octanol–water partition coefficient (Wildman–Crippen LogP) is 2.98. The Morgan fingerprint density at radius 1 is 1.24 bits per heavy atom. The first-order valence-electron chi connectivity index (χ1n) is 8.94. The predicted molar refractivity (Wildman–Crippen MR) is 110 cm³/mol. The smallest absolute Gasteiger partial charge is 0.222 e. The van der Waals surface area contributed by atoms with Crippen molar-refractivity contribution >= 4 is 47.2 Å². The highest BCUT2D eigenvalue weighted by Gasteiger charge is 2.23. The van der Waals surface area contributed by atoms with Crippen LogP contribution in [0.2, 0.25) is 0 Å². The number of nitrogens with one attached hydrogen (secondary N) is 1. The van der Waals surface area contributed by atoms with Crippen molar-refractivity contribution in [1.29, 1.82) is 0 Å². The number of halogens is 2. The van der Waals surface area contributed by atoms with E-state index in [1.54, 1.807) is 11.3 Å².